The molecular formula is C18H18N4O3. The maximum atomic E-state index is 12.3. The van der Waals surface area contributed by atoms with Crippen molar-refractivity contribution in [3.8, 4) is 0 Å². The number of carbonyl (C=O) groups is 3. The van der Waals surface area contributed by atoms with Crippen molar-refractivity contribution in [1.29, 1.82) is 0 Å². The van der Waals surface area contributed by atoms with Gasteiger partial charge in [-0.05, 0) is 36.4 Å². The number of hydrogen-bond donors (Lipinski definition) is 2. The smallest absolute Gasteiger partial charge is 0.229 e. The van der Waals surface area contributed by atoms with Crippen LogP contribution in [0, 0.1) is 5.92 Å². The molecule has 0 spiro atoms. The largest absolute Gasteiger partial charge is 0.326 e. The molecule has 0 unspecified atom stereocenters. The first-order chi connectivity index (χ1) is 12.0. The van der Waals surface area contributed by atoms with Crippen LogP contribution >= 0.6 is 0 Å². The fraction of sp³-hybridized carbons (Fsp3) is 0.222. The third-order valence-corrected chi connectivity index (χ3v) is 3.92. The highest BCUT2D eigenvalue weighted by molar-refractivity contribution is 6.03. The molecule has 25 heavy (non-hydrogen) atoms. The topological polar surface area (TPSA) is 91.4 Å². The third-order valence-electron chi connectivity index (χ3n) is 3.92. The van der Waals surface area contributed by atoms with Crippen LogP contribution in [0.1, 0.15) is 13.3 Å². The highest BCUT2D eigenvalue weighted by Crippen LogP contribution is 2.27. The number of amides is 3. The number of hydrogen-bond acceptors (Lipinski definition) is 4. The van der Waals surface area contributed by atoms with E-state index < -0.39 is 5.92 Å². The molecule has 1 aromatic heterocycles. The van der Waals surface area contributed by atoms with Crippen molar-refractivity contribution >= 4 is 34.8 Å². The third kappa shape index (κ3) is 4.00. The minimum absolute atomic E-state index is 0.0985. The highest BCUT2D eigenvalue weighted by Gasteiger charge is 2.35. The molecule has 3 amide bonds. The summed E-state index contributed by atoms with van der Waals surface area (Å²) >= 11 is 0. The van der Waals surface area contributed by atoms with Crippen molar-refractivity contribution in [3.63, 3.8) is 0 Å². The average molecular weight is 338 g/mol. The van der Waals surface area contributed by atoms with Crippen molar-refractivity contribution in [1.82, 2.24) is 4.98 Å². The van der Waals surface area contributed by atoms with Crippen LogP contribution in [0.4, 0.5) is 17.1 Å². The molecule has 2 heterocycles. The first kappa shape index (κ1) is 16.6. The zero-order chi connectivity index (χ0) is 17.8. The molecule has 7 heteroatoms. The minimum atomic E-state index is -0.414. The van der Waals surface area contributed by atoms with E-state index >= 15 is 0 Å². The summed E-state index contributed by atoms with van der Waals surface area (Å²) < 4.78 is 0. The Kier molecular flexibility index (Phi) is 4.74. The summed E-state index contributed by atoms with van der Waals surface area (Å²) in [5, 5.41) is 5.46. The molecular weight excluding hydrogens is 320 g/mol. The molecule has 7 nitrogen and oxygen atoms in total. The predicted octanol–water partition coefficient (Wildman–Crippen LogP) is 2.03. The molecule has 2 N–H and O–H groups in total. The van der Waals surface area contributed by atoms with Crippen LogP contribution in [-0.4, -0.2) is 29.3 Å². The van der Waals surface area contributed by atoms with Crippen molar-refractivity contribution in [2.75, 3.05) is 22.1 Å². The second-order valence-corrected chi connectivity index (χ2v) is 5.86. The molecule has 1 atom stereocenters. The van der Waals surface area contributed by atoms with E-state index in [0.29, 0.717) is 23.6 Å². The molecule has 1 fully saturated rings. The van der Waals surface area contributed by atoms with Crippen molar-refractivity contribution < 1.29 is 14.4 Å². The zero-order valence-corrected chi connectivity index (χ0v) is 13.7. The van der Waals surface area contributed by atoms with Crippen molar-refractivity contribution in [2.24, 2.45) is 5.92 Å². The van der Waals surface area contributed by atoms with E-state index in [4.69, 9.17) is 0 Å². The Bertz CT molecular complexity index is 790. The van der Waals surface area contributed by atoms with Crippen LogP contribution < -0.4 is 15.5 Å². The molecule has 1 aliphatic heterocycles. The molecule has 0 bridgehead atoms. The lowest BCUT2D eigenvalue weighted by molar-refractivity contribution is -0.122. The van der Waals surface area contributed by atoms with Gasteiger partial charge in [-0.1, -0.05) is 0 Å². The number of rotatable bonds is 4. The Morgan fingerprint density at radius 2 is 1.88 bits per heavy atom. The van der Waals surface area contributed by atoms with Gasteiger partial charge in [-0.2, -0.15) is 0 Å². The summed E-state index contributed by atoms with van der Waals surface area (Å²) in [6.45, 7) is 1.76. The van der Waals surface area contributed by atoms with E-state index in [9.17, 15) is 14.4 Å². The number of benzene rings is 1. The fourth-order valence-corrected chi connectivity index (χ4v) is 2.74. The van der Waals surface area contributed by atoms with E-state index in [1.54, 1.807) is 53.7 Å². The van der Waals surface area contributed by atoms with Crippen molar-refractivity contribution in [2.45, 2.75) is 13.3 Å². The summed E-state index contributed by atoms with van der Waals surface area (Å²) in [5.41, 5.74) is 1.97. The van der Waals surface area contributed by atoms with Gasteiger partial charge < -0.3 is 15.5 Å². The first-order valence-electron chi connectivity index (χ1n) is 7.92. The Balaban J connectivity index is 1.65. The van der Waals surface area contributed by atoms with Gasteiger partial charge in [0.25, 0.3) is 0 Å². The van der Waals surface area contributed by atoms with Gasteiger partial charge in [0.15, 0.2) is 0 Å². The van der Waals surface area contributed by atoms with Gasteiger partial charge in [0, 0.05) is 37.5 Å². The summed E-state index contributed by atoms with van der Waals surface area (Å²) in [6.07, 6.45) is 3.36. The molecule has 0 saturated carbocycles. The van der Waals surface area contributed by atoms with Gasteiger partial charge in [-0.15, -0.1) is 0 Å². The summed E-state index contributed by atoms with van der Waals surface area (Å²) in [5.74, 6) is -0.864. The van der Waals surface area contributed by atoms with E-state index in [2.05, 4.69) is 15.6 Å². The maximum absolute atomic E-state index is 12.3. The van der Waals surface area contributed by atoms with Crippen LogP contribution in [0.3, 0.4) is 0 Å². The Morgan fingerprint density at radius 3 is 2.52 bits per heavy atom. The van der Waals surface area contributed by atoms with Crippen LogP contribution in [0.15, 0.2) is 48.8 Å². The van der Waals surface area contributed by atoms with Gasteiger partial charge in [0.1, 0.15) is 0 Å². The Hall–Kier alpha value is -3.22. The molecule has 1 aliphatic rings. The van der Waals surface area contributed by atoms with Gasteiger partial charge >= 0.3 is 0 Å². The quantitative estimate of drug-likeness (QED) is 0.892. The van der Waals surface area contributed by atoms with E-state index in [0.717, 1.165) is 0 Å². The second-order valence-electron chi connectivity index (χ2n) is 5.86. The van der Waals surface area contributed by atoms with Gasteiger partial charge in [-0.25, -0.2) is 0 Å². The lowest BCUT2D eigenvalue weighted by Crippen LogP contribution is -2.28. The summed E-state index contributed by atoms with van der Waals surface area (Å²) in [7, 11) is 0. The molecule has 0 radical (unpaired) electrons. The number of pyridine rings is 1. The summed E-state index contributed by atoms with van der Waals surface area (Å²) in [4.78, 5) is 41.2. The predicted molar refractivity (Wildman–Crippen MR) is 94.1 cm³/mol. The van der Waals surface area contributed by atoms with Crippen LogP contribution in [0.25, 0.3) is 0 Å². The van der Waals surface area contributed by atoms with E-state index in [1.165, 1.54) is 6.92 Å². The number of anilines is 3. The number of aromatic nitrogens is 1. The first-order valence-corrected chi connectivity index (χ1v) is 7.92. The lowest BCUT2D eigenvalue weighted by Gasteiger charge is -2.17. The standard InChI is InChI=1S/C18H18N4O3/c1-12(23)20-14-4-6-16(7-5-14)22-11-13(9-17(22)24)18(25)21-15-3-2-8-19-10-15/h2-8,10,13H,9,11H2,1H3,(H,20,23)(H,21,25)/t13-/m0/s1. The molecule has 3 rings (SSSR count). The van der Waals surface area contributed by atoms with Gasteiger partial charge in [0.05, 0.1) is 17.8 Å². The normalized spacial score (nSPS) is 16.6. The Morgan fingerprint density at radius 1 is 1.12 bits per heavy atom. The number of nitrogens with zero attached hydrogens (tertiary/aromatic N) is 2. The lowest BCUT2D eigenvalue weighted by atomic mass is 10.1. The van der Waals surface area contributed by atoms with E-state index in [-0.39, 0.29) is 24.1 Å². The monoisotopic (exact) mass is 338 g/mol. The maximum Gasteiger partial charge on any atom is 0.229 e. The Labute approximate surface area is 145 Å². The van der Waals surface area contributed by atoms with Crippen LogP contribution in [0.5, 0.6) is 0 Å². The van der Waals surface area contributed by atoms with Crippen LogP contribution in [-0.2, 0) is 14.4 Å². The second kappa shape index (κ2) is 7.12. The number of nitrogens with one attached hydrogen (secondary N) is 2. The highest BCUT2D eigenvalue weighted by atomic mass is 16.2. The van der Waals surface area contributed by atoms with Gasteiger partial charge in [-0.3, -0.25) is 19.4 Å². The SMILES string of the molecule is CC(=O)Nc1ccc(N2C[C@@H](C(=O)Nc3cccnc3)CC2=O)cc1. The molecule has 0 aliphatic carbocycles. The zero-order valence-electron chi connectivity index (χ0n) is 13.7. The van der Waals surface area contributed by atoms with Crippen LogP contribution in [0.2, 0.25) is 0 Å². The molecule has 2 aromatic rings. The van der Waals surface area contributed by atoms with Crippen molar-refractivity contribution in [3.05, 3.63) is 48.8 Å². The minimum Gasteiger partial charge on any atom is -0.326 e. The van der Waals surface area contributed by atoms with E-state index in [1.807, 2.05) is 0 Å². The average Bonchev–Trinajstić information content (AvgIpc) is 2.98. The molecule has 1 aromatic carbocycles. The number of carbonyl (C=O) groups excluding carboxylic acids is 3. The summed E-state index contributed by atoms with van der Waals surface area (Å²) in [6, 6.07) is 10.5. The van der Waals surface area contributed by atoms with Gasteiger partial charge in [0.2, 0.25) is 17.7 Å². The fourth-order valence-electron chi connectivity index (χ4n) is 2.74. The molecule has 1 saturated heterocycles. The molecule has 128 valence electrons.